The summed E-state index contributed by atoms with van der Waals surface area (Å²) in [6, 6.07) is 73.0. The molecule has 0 atom stereocenters. The van der Waals surface area contributed by atoms with Crippen molar-refractivity contribution in [1.82, 2.24) is 4.98 Å². The molecule has 9 aromatic carbocycles. The average Bonchev–Trinajstić information content (AvgIpc) is 3.92. The first-order chi connectivity index (χ1) is 28.8. The molecule has 0 radical (unpaired) electrons. The van der Waals surface area contributed by atoms with Crippen molar-refractivity contribution in [3.63, 3.8) is 0 Å². The van der Waals surface area contributed by atoms with Crippen molar-refractivity contribution in [2.75, 3.05) is 0 Å². The van der Waals surface area contributed by atoms with Crippen molar-refractivity contribution in [3.05, 3.63) is 222 Å². The van der Waals surface area contributed by atoms with Crippen LogP contribution in [0, 0.1) is 0 Å². The van der Waals surface area contributed by atoms with Crippen LogP contribution in [0.5, 0.6) is 0 Å². The predicted molar refractivity (Wildman–Crippen MR) is 239 cm³/mol. The molecule has 58 heavy (non-hydrogen) atoms. The standard InChI is InChI=1S/C56H33NO/c1-2-14-35(15-3-1)52-53-42-19-7-12-24-49(42)57-55(44(53)33-51-54(52)43-20-8-13-25-50(43)58-51)36-28-26-34(27-29-36)37-30-31-41-40-18-6-11-23-47(40)56(48(41)32-37)45-21-9-4-16-38(45)39-17-5-10-22-46(39)56/h1-33H. The quantitative estimate of drug-likeness (QED) is 0.169. The zero-order valence-electron chi connectivity index (χ0n) is 31.4. The second kappa shape index (κ2) is 11.7. The smallest absolute Gasteiger partial charge is 0.136 e. The molecular formula is C56H33NO. The Labute approximate surface area is 335 Å². The van der Waals surface area contributed by atoms with Gasteiger partial charge < -0.3 is 4.42 Å². The topological polar surface area (TPSA) is 26.0 Å². The maximum Gasteiger partial charge on any atom is 0.136 e. The molecule has 1 spiro atoms. The van der Waals surface area contributed by atoms with Crippen molar-refractivity contribution in [1.29, 1.82) is 0 Å². The molecular weight excluding hydrogens is 703 g/mol. The lowest BCUT2D eigenvalue weighted by atomic mass is 9.70. The molecule has 2 heterocycles. The maximum absolute atomic E-state index is 6.62. The Kier molecular flexibility index (Phi) is 6.40. The van der Waals surface area contributed by atoms with Crippen LogP contribution in [0.1, 0.15) is 22.3 Å². The van der Waals surface area contributed by atoms with Gasteiger partial charge in [0.15, 0.2) is 0 Å². The highest BCUT2D eigenvalue weighted by Gasteiger charge is 2.51. The second-order valence-electron chi connectivity index (χ2n) is 15.7. The third-order valence-electron chi connectivity index (χ3n) is 12.9. The largest absolute Gasteiger partial charge is 0.456 e. The summed E-state index contributed by atoms with van der Waals surface area (Å²) in [6.45, 7) is 0. The molecule has 2 heteroatoms. The van der Waals surface area contributed by atoms with E-state index in [4.69, 9.17) is 9.40 Å². The fourth-order valence-corrected chi connectivity index (χ4v) is 10.5. The SMILES string of the molecule is c1ccc(-c2c3c(cc4c(-c5ccc(-c6ccc7c(c6)C6(c8ccccc8-c8ccccc86)c6ccccc6-7)cc5)nc5ccccc5c24)oc2ccccc23)cc1. The van der Waals surface area contributed by atoms with Crippen LogP contribution in [0.25, 0.3) is 99.4 Å². The average molecular weight is 736 g/mol. The van der Waals surface area contributed by atoms with Gasteiger partial charge in [-0.2, -0.15) is 0 Å². The fraction of sp³-hybridized carbons (Fsp3) is 0.0179. The van der Waals surface area contributed by atoms with Gasteiger partial charge in [0.1, 0.15) is 11.2 Å². The minimum Gasteiger partial charge on any atom is -0.456 e. The van der Waals surface area contributed by atoms with Gasteiger partial charge in [0.05, 0.1) is 16.6 Å². The van der Waals surface area contributed by atoms with Crippen molar-refractivity contribution < 1.29 is 4.42 Å². The van der Waals surface area contributed by atoms with E-state index >= 15 is 0 Å². The van der Waals surface area contributed by atoms with Gasteiger partial charge >= 0.3 is 0 Å². The van der Waals surface area contributed by atoms with E-state index in [1.165, 1.54) is 66.6 Å². The van der Waals surface area contributed by atoms with E-state index in [0.717, 1.165) is 55.0 Å². The summed E-state index contributed by atoms with van der Waals surface area (Å²) in [7, 11) is 0. The van der Waals surface area contributed by atoms with Crippen LogP contribution in [-0.2, 0) is 5.41 Å². The highest BCUT2D eigenvalue weighted by molar-refractivity contribution is 6.27. The van der Waals surface area contributed by atoms with E-state index in [-0.39, 0.29) is 5.41 Å². The molecule has 11 aromatic rings. The zero-order valence-corrected chi connectivity index (χ0v) is 31.4. The number of rotatable bonds is 3. The van der Waals surface area contributed by atoms with Crippen LogP contribution in [0.2, 0.25) is 0 Å². The number of fused-ring (bicyclic) bond motifs is 16. The normalized spacial score (nSPS) is 13.3. The second-order valence-corrected chi connectivity index (χ2v) is 15.7. The molecule has 0 aliphatic heterocycles. The van der Waals surface area contributed by atoms with Gasteiger partial charge in [0.25, 0.3) is 0 Å². The number of benzene rings is 9. The molecule has 0 fully saturated rings. The fourth-order valence-electron chi connectivity index (χ4n) is 10.5. The van der Waals surface area contributed by atoms with Crippen molar-refractivity contribution >= 4 is 43.6 Å². The third kappa shape index (κ3) is 4.13. The van der Waals surface area contributed by atoms with Crippen molar-refractivity contribution in [2.24, 2.45) is 0 Å². The van der Waals surface area contributed by atoms with E-state index < -0.39 is 0 Å². The lowest BCUT2D eigenvalue weighted by Gasteiger charge is -2.30. The Hall–Kier alpha value is -7.55. The summed E-state index contributed by atoms with van der Waals surface area (Å²) in [5.41, 5.74) is 19.8. The molecule has 13 rings (SSSR count). The van der Waals surface area contributed by atoms with Gasteiger partial charge in [-0.1, -0.05) is 176 Å². The summed E-state index contributed by atoms with van der Waals surface area (Å²) < 4.78 is 6.62. The van der Waals surface area contributed by atoms with E-state index in [9.17, 15) is 0 Å². The molecule has 0 saturated heterocycles. The lowest BCUT2D eigenvalue weighted by Crippen LogP contribution is -2.25. The van der Waals surface area contributed by atoms with Crippen molar-refractivity contribution in [2.45, 2.75) is 5.41 Å². The number of furan rings is 1. The van der Waals surface area contributed by atoms with E-state index in [2.05, 4.69) is 194 Å². The first kappa shape index (κ1) is 31.6. The number of hydrogen-bond donors (Lipinski definition) is 0. The predicted octanol–water partition coefficient (Wildman–Crippen LogP) is 14.6. The summed E-state index contributed by atoms with van der Waals surface area (Å²) >= 11 is 0. The monoisotopic (exact) mass is 735 g/mol. The molecule has 2 aliphatic carbocycles. The summed E-state index contributed by atoms with van der Waals surface area (Å²) in [5, 5.41) is 5.65. The Morgan fingerprint density at radius 2 is 0.897 bits per heavy atom. The summed E-state index contributed by atoms with van der Waals surface area (Å²) in [6.07, 6.45) is 0. The highest BCUT2D eigenvalue weighted by Crippen LogP contribution is 2.63. The number of nitrogens with zero attached hydrogens (tertiary/aromatic N) is 1. The minimum absolute atomic E-state index is 0.374. The molecule has 0 N–H and O–H groups in total. The van der Waals surface area contributed by atoms with Gasteiger partial charge in [-0.3, -0.25) is 0 Å². The van der Waals surface area contributed by atoms with E-state index in [1.54, 1.807) is 0 Å². The summed E-state index contributed by atoms with van der Waals surface area (Å²) in [5.74, 6) is 0. The number of pyridine rings is 1. The molecule has 2 aliphatic rings. The number of hydrogen-bond acceptors (Lipinski definition) is 2. The van der Waals surface area contributed by atoms with Gasteiger partial charge in [0, 0.05) is 38.1 Å². The van der Waals surface area contributed by atoms with E-state index in [1.807, 2.05) is 6.07 Å². The van der Waals surface area contributed by atoms with Gasteiger partial charge in [-0.05, 0) is 85.5 Å². The van der Waals surface area contributed by atoms with Crippen LogP contribution < -0.4 is 0 Å². The molecule has 0 saturated carbocycles. The Bertz CT molecular complexity index is 3440. The minimum atomic E-state index is -0.374. The molecule has 2 aromatic heterocycles. The molecule has 0 unspecified atom stereocenters. The van der Waals surface area contributed by atoms with Gasteiger partial charge in [-0.15, -0.1) is 0 Å². The van der Waals surface area contributed by atoms with Crippen LogP contribution in [0.4, 0.5) is 0 Å². The Morgan fingerprint density at radius 3 is 1.60 bits per heavy atom. The first-order valence-electron chi connectivity index (χ1n) is 20.0. The van der Waals surface area contributed by atoms with Crippen LogP contribution >= 0.6 is 0 Å². The van der Waals surface area contributed by atoms with Crippen molar-refractivity contribution in [3.8, 4) is 55.8 Å². The first-order valence-corrected chi connectivity index (χ1v) is 20.0. The zero-order chi connectivity index (χ0) is 38.0. The number of para-hydroxylation sites is 2. The van der Waals surface area contributed by atoms with Crippen LogP contribution in [0.15, 0.2) is 205 Å². The van der Waals surface area contributed by atoms with Gasteiger partial charge in [-0.25, -0.2) is 4.98 Å². The third-order valence-corrected chi connectivity index (χ3v) is 12.9. The molecule has 2 nitrogen and oxygen atoms in total. The molecule has 0 bridgehead atoms. The van der Waals surface area contributed by atoms with Crippen LogP contribution in [0.3, 0.4) is 0 Å². The lowest BCUT2D eigenvalue weighted by molar-refractivity contribution is 0.669. The Morgan fingerprint density at radius 1 is 0.345 bits per heavy atom. The molecule has 268 valence electrons. The molecule has 0 amide bonds. The number of aromatic nitrogens is 1. The van der Waals surface area contributed by atoms with E-state index in [0.29, 0.717) is 0 Å². The Balaban J connectivity index is 1.02. The highest BCUT2D eigenvalue weighted by atomic mass is 16.3. The maximum atomic E-state index is 6.62. The van der Waals surface area contributed by atoms with Crippen LogP contribution in [-0.4, -0.2) is 4.98 Å². The van der Waals surface area contributed by atoms with Gasteiger partial charge in [0.2, 0.25) is 0 Å². The summed E-state index contributed by atoms with van der Waals surface area (Å²) in [4.78, 5) is 5.39.